The molecule has 0 saturated heterocycles. The van der Waals surface area contributed by atoms with Crippen LogP contribution in [0.2, 0.25) is 10.0 Å². The number of halogens is 2. The number of nitrogens with zero attached hydrogens (tertiary/aromatic N) is 1. The maximum atomic E-state index is 12.7. The molecule has 1 N–H and O–H groups in total. The topological polar surface area (TPSA) is 67.9 Å². The fraction of sp³-hybridized carbons (Fsp3) is 0.200. The molecule has 8 heteroatoms. The molecular formula is C25H22Cl2N2O4. The summed E-state index contributed by atoms with van der Waals surface area (Å²) in [6.45, 7) is 2.03. The second kappa shape index (κ2) is 10.1. The van der Waals surface area contributed by atoms with Gasteiger partial charge in [-0.25, -0.2) is 0 Å². The van der Waals surface area contributed by atoms with Crippen molar-refractivity contribution in [1.82, 2.24) is 0 Å². The van der Waals surface area contributed by atoms with Crippen LogP contribution in [-0.4, -0.2) is 31.1 Å². The third-order valence-corrected chi connectivity index (χ3v) is 5.70. The number of rotatable bonds is 7. The van der Waals surface area contributed by atoms with Crippen molar-refractivity contribution >= 4 is 46.4 Å². The van der Waals surface area contributed by atoms with E-state index in [1.165, 1.54) is 0 Å². The largest absolute Gasteiger partial charge is 0.482 e. The van der Waals surface area contributed by atoms with E-state index in [-0.39, 0.29) is 18.4 Å². The van der Waals surface area contributed by atoms with Gasteiger partial charge in [-0.05, 0) is 49.2 Å². The van der Waals surface area contributed by atoms with Gasteiger partial charge in [-0.3, -0.25) is 9.59 Å². The highest BCUT2D eigenvalue weighted by atomic mass is 35.5. The minimum atomic E-state index is -0.616. The standard InChI is InChI=1S/C25H22Cl2N2O4/c1-16-25(31)29(12-11-17-5-3-2-4-6-17)21-9-8-19(14-23(21)33-16)28-24(30)15-32-22-10-7-18(26)13-20(22)27/h2-10,13-14,16H,11-12,15H2,1H3,(H,28,30). The summed E-state index contributed by atoms with van der Waals surface area (Å²) in [4.78, 5) is 26.8. The predicted octanol–water partition coefficient (Wildman–Crippen LogP) is 5.37. The summed E-state index contributed by atoms with van der Waals surface area (Å²) < 4.78 is 11.3. The Morgan fingerprint density at radius 1 is 1.09 bits per heavy atom. The summed E-state index contributed by atoms with van der Waals surface area (Å²) in [6.07, 6.45) is 0.108. The lowest BCUT2D eigenvalue weighted by molar-refractivity contribution is -0.125. The predicted molar refractivity (Wildman–Crippen MR) is 130 cm³/mol. The second-order valence-electron chi connectivity index (χ2n) is 7.58. The van der Waals surface area contributed by atoms with E-state index in [1.54, 1.807) is 48.2 Å². The molecule has 1 heterocycles. The van der Waals surface area contributed by atoms with Crippen LogP contribution in [0.1, 0.15) is 12.5 Å². The number of ether oxygens (including phenoxy) is 2. The Morgan fingerprint density at radius 3 is 2.64 bits per heavy atom. The molecule has 0 fully saturated rings. The van der Waals surface area contributed by atoms with Crippen LogP contribution in [0.25, 0.3) is 0 Å². The lowest BCUT2D eigenvalue weighted by Crippen LogP contribution is -2.45. The molecule has 3 aromatic rings. The summed E-state index contributed by atoms with van der Waals surface area (Å²) in [5, 5.41) is 3.58. The monoisotopic (exact) mass is 484 g/mol. The van der Waals surface area contributed by atoms with E-state index in [9.17, 15) is 9.59 Å². The molecule has 0 aromatic heterocycles. The molecule has 2 amide bonds. The van der Waals surface area contributed by atoms with Gasteiger partial charge in [0.05, 0.1) is 10.7 Å². The summed E-state index contributed by atoms with van der Waals surface area (Å²) in [5.74, 6) is 0.450. The quantitative estimate of drug-likeness (QED) is 0.489. The van der Waals surface area contributed by atoms with Crippen LogP contribution in [-0.2, 0) is 16.0 Å². The number of hydrogen-bond donors (Lipinski definition) is 1. The molecule has 170 valence electrons. The van der Waals surface area contributed by atoms with Crippen LogP contribution in [0.5, 0.6) is 11.5 Å². The summed E-state index contributed by atoms with van der Waals surface area (Å²) >= 11 is 11.9. The number of carbonyl (C=O) groups excluding carboxylic acids is 2. The van der Waals surface area contributed by atoms with E-state index in [4.69, 9.17) is 32.7 Å². The number of hydrogen-bond acceptors (Lipinski definition) is 4. The van der Waals surface area contributed by atoms with Crippen LogP contribution < -0.4 is 19.7 Å². The van der Waals surface area contributed by atoms with Crippen molar-refractivity contribution in [2.75, 3.05) is 23.4 Å². The third kappa shape index (κ3) is 5.59. The highest BCUT2D eigenvalue weighted by molar-refractivity contribution is 6.35. The number of carbonyl (C=O) groups is 2. The number of anilines is 2. The molecule has 1 aliphatic rings. The molecule has 3 aromatic carbocycles. The summed E-state index contributed by atoms with van der Waals surface area (Å²) in [6, 6.07) is 20.0. The minimum absolute atomic E-state index is 0.0940. The van der Waals surface area contributed by atoms with Crippen molar-refractivity contribution in [2.45, 2.75) is 19.4 Å². The Morgan fingerprint density at radius 2 is 1.88 bits per heavy atom. The van der Waals surface area contributed by atoms with Gasteiger partial charge >= 0.3 is 0 Å². The first-order chi connectivity index (χ1) is 15.9. The minimum Gasteiger partial charge on any atom is -0.482 e. The Balaban J connectivity index is 1.42. The molecule has 4 rings (SSSR count). The number of amides is 2. The van der Waals surface area contributed by atoms with Gasteiger partial charge in [-0.2, -0.15) is 0 Å². The summed E-state index contributed by atoms with van der Waals surface area (Å²) in [5.41, 5.74) is 2.36. The lowest BCUT2D eigenvalue weighted by atomic mass is 10.1. The molecule has 33 heavy (non-hydrogen) atoms. The van der Waals surface area contributed by atoms with Gasteiger partial charge in [-0.15, -0.1) is 0 Å². The highest BCUT2D eigenvalue weighted by Crippen LogP contribution is 2.36. The molecule has 0 radical (unpaired) electrons. The fourth-order valence-corrected chi connectivity index (χ4v) is 4.00. The Hall–Kier alpha value is -3.22. The molecule has 0 bridgehead atoms. The van der Waals surface area contributed by atoms with Crippen molar-refractivity contribution < 1.29 is 19.1 Å². The zero-order chi connectivity index (χ0) is 23.4. The van der Waals surface area contributed by atoms with E-state index in [0.29, 0.717) is 39.5 Å². The molecule has 6 nitrogen and oxygen atoms in total. The maximum absolute atomic E-state index is 12.7. The highest BCUT2D eigenvalue weighted by Gasteiger charge is 2.31. The lowest BCUT2D eigenvalue weighted by Gasteiger charge is -2.33. The molecule has 0 aliphatic carbocycles. The van der Waals surface area contributed by atoms with Gasteiger partial charge in [0.15, 0.2) is 12.7 Å². The molecule has 1 aliphatic heterocycles. The van der Waals surface area contributed by atoms with E-state index in [1.807, 2.05) is 30.3 Å². The molecule has 1 unspecified atom stereocenters. The van der Waals surface area contributed by atoms with Crippen molar-refractivity contribution in [3.8, 4) is 11.5 Å². The van der Waals surface area contributed by atoms with E-state index < -0.39 is 6.10 Å². The molecular weight excluding hydrogens is 463 g/mol. The maximum Gasteiger partial charge on any atom is 0.267 e. The first-order valence-electron chi connectivity index (χ1n) is 10.4. The third-order valence-electron chi connectivity index (χ3n) is 5.17. The first kappa shape index (κ1) is 23.0. The van der Waals surface area contributed by atoms with E-state index in [0.717, 1.165) is 12.0 Å². The van der Waals surface area contributed by atoms with Crippen LogP contribution >= 0.6 is 23.2 Å². The number of fused-ring (bicyclic) bond motifs is 1. The summed E-state index contributed by atoms with van der Waals surface area (Å²) in [7, 11) is 0. The molecule has 0 saturated carbocycles. The van der Waals surface area contributed by atoms with Gasteiger partial charge < -0.3 is 19.7 Å². The fourth-order valence-electron chi connectivity index (χ4n) is 3.54. The van der Waals surface area contributed by atoms with Crippen molar-refractivity contribution in [3.05, 3.63) is 82.3 Å². The average Bonchev–Trinajstić information content (AvgIpc) is 2.79. The number of benzene rings is 3. The van der Waals surface area contributed by atoms with Crippen molar-refractivity contribution in [1.29, 1.82) is 0 Å². The van der Waals surface area contributed by atoms with E-state index in [2.05, 4.69) is 5.32 Å². The van der Waals surface area contributed by atoms with Crippen LogP contribution in [0.15, 0.2) is 66.7 Å². The average molecular weight is 485 g/mol. The Bertz CT molecular complexity index is 1170. The zero-order valence-electron chi connectivity index (χ0n) is 17.9. The van der Waals surface area contributed by atoms with Crippen LogP contribution in [0.4, 0.5) is 11.4 Å². The second-order valence-corrected chi connectivity index (χ2v) is 8.42. The van der Waals surface area contributed by atoms with Gasteiger partial charge in [-0.1, -0.05) is 53.5 Å². The SMILES string of the molecule is CC1Oc2cc(NC(=O)COc3ccc(Cl)cc3Cl)ccc2N(CCc2ccccc2)C1=O. The van der Waals surface area contributed by atoms with E-state index >= 15 is 0 Å². The molecule has 0 spiro atoms. The smallest absolute Gasteiger partial charge is 0.267 e. The van der Waals surface area contributed by atoms with Gasteiger partial charge in [0, 0.05) is 23.3 Å². The van der Waals surface area contributed by atoms with Crippen molar-refractivity contribution in [2.24, 2.45) is 0 Å². The Labute approximate surface area is 202 Å². The van der Waals surface area contributed by atoms with Gasteiger partial charge in [0.2, 0.25) is 0 Å². The molecule has 1 atom stereocenters. The Kier molecular flexibility index (Phi) is 7.06. The zero-order valence-corrected chi connectivity index (χ0v) is 19.4. The van der Waals surface area contributed by atoms with Crippen molar-refractivity contribution in [3.63, 3.8) is 0 Å². The van der Waals surface area contributed by atoms with Crippen LogP contribution in [0.3, 0.4) is 0 Å². The van der Waals surface area contributed by atoms with Crippen LogP contribution in [0, 0.1) is 0 Å². The first-order valence-corrected chi connectivity index (χ1v) is 11.2. The normalized spacial score (nSPS) is 14.9. The van der Waals surface area contributed by atoms with Gasteiger partial charge in [0.1, 0.15) is 11.5 Å². The van der Waals surface area contributed by atoms with Gasteiger partial charge in [0.25, 0.3) is 11.8 Å². The number of nitrogens with one attached hydrogen (secondary N) is 1.